The van der Waals surface area contributed by atoms with Gasteiger partial charge in [-0.15, -0.1) is 0 Å². The van der Waals surface area contributed by atoms with Crippen molar-refractivity contribution in [3.05, 3.63) is 48.6 Å². The Bertz CT molecular complexity index is 817. The normalized spacial score (nSPS) is 18.0. The quantitative estimate of drug-likeness (QED) is 0.0334. The lowest BCUT2D eigenvalue weighted by molar-refractivity contribution is -0.880. The number of esters is 2. The van der Waals surface area contributed by atoms with Crippen LogP contribution in [0.1, 0.15) is 168 Å². The first-order chi connectivity index (χ1) is 22.9. The molecule has 270 valence electrons. The van der Waals surface area contributed by atoms with Crippen molar-refractivity contribution < 1.29 is 23.5 Å². The van der Waals surface area contributed by atoms with E-state index in [1.165, 1.54) is 77.0 Å². The van der Waals surface area contributed by atoms with E-state index in [-0.39, 0.29) is 24.1 Å². The second-order valence-electron chi connectivity index (χ2n) is 14.3. The fourth-order valence-electron chi connectivity index (χ4n) is 6.13. The standard InChI is InChI=1S/C42H74NO4/c1-5-7-9-11-13-15-17-19-21-23-25-27-29-31-33-35-41(44)46-39-37-43(3,4)38-40(39)47-42(45)36-34-32-30-28-26-24-22-20-18-16-14-12-10-8-6-2/h13-16,19-22,39-40H,5-12,17-18,23-38H2,1-4H3/q+1. The van der Waals surface area contributed by atoms with E-state index in [4.69, 9.17) is 9.47 Å². The Balaban J connectivity index is 2.10. The summed E-state index contributed by atoms with van der Waals surface area (Å²) >= 11 is 0. The topological polar surface area (TPSA) is 52.6 Å². The van der Waals surface area contributed by atoms with Gasteiger partial charge in [-0.1, -0.05) is 127 Å². The number of allylic oxidation sites excluding steroid dienone is 8. The molecule has 1 aliphatic heterocycles. The second-order valence-corrected chi connectivity index (χ2v) is 14.3. The molecule has 0 bridgehead atoms. The van der Waals surface area contributed by atoms with Gasteiger partial charge >= 0.3 is 11.9 Å². The van der Waals surface area contributed by atoms with Gasteiger partial charge < -0.3 is 14.0 Å². The lowest BCUT2D eigenvalue weighted by Crippen LogP contribution is -2.38. The molecule has 0 spiro atoms. The van der Waals surface area contributed by atoms with Gasteiger partial charge in [-0.3, -0.25) is 9.59 Å². The molecule has 47 heavy (non-hydrogen) atoms. The van der Waals surface area contributed by atoms with Crippen LogP contribution in [0.5, 0.6) is 0 Å². The molecule has 1 rings (SSSR count). The molecule has 0 aliphatic carbocycles. The minimum atomic E-state index is -0.343. The van der Waals surface area contributed by atoms with E-state index in [0.29, 0.717) is 30.4 Å². The van der Waals surface area contributed by atoms with Crippen molar-refractivity contribution >= 4 is 11.9 Å². The minimum absolute atomic E-state index is 0.155. The molecule has 0 aromatic heterocycles. The van der Waals surface area contributed by atoms with Gasteiger partial charge in [0.05, 0.1) is 14.1 Å². The van der Waals surface area contributed by atoms with E-state index in [1.54, 1.807) is 0 Å². The van der Waals surface area contributed by atoms with Crippen molar-refractivity contribution in [2.45, 2.75) is 180 Å². The van der Waals surface area contributed by atoms with Crippen LogP contribution in [0.3, 0.4) is 0 Å². The summed E-state index contributed by atoms with van der Waals surface area (Å²) in [6.07, 6.45) is 44.1. The van der Waals surface area contributed by atoms with E-state index in [9.17, 15) is 9.59 Å². The first kappa shape index (κ1) is 42.9. The molecule has 0 aromatic carbocycles. The summed E-state index contributed by atoms with van der Waals surface area (Å²) in [5, 5.41) is 0. The van der Waals surface area contributed by atoms with Gasteiger partial charge in [0.25, 0.3) is 0 Å². The molecular weight excluding hydrogens is 582 g/mol. The Morgan fingerprint density at radius 1 is 0.489 bits per heavy atom. The number of unbranched alkanes of at least 4 members (excludes halogenated alkanes) is 16. The van der Waals surface area contributed by atoms with Crippen molar-refractivity contribution in [1.29, 1.82) is 0 Å². The Hall–Kier alpha value is -2.14. The molecule has 0 aromatic rings. The van der Waals surface area contributed by atoms with Gasteiger partial charge in [0.15, 0.2) is 12.2 Å². The zero-order chi connectivity index (χ0) is 34.3. The van der Waals surface area contributed by atoms with E-state index in [0.717, 1.165) is 64.2 Å². The largest absolute Gasteiger partial charge is 0.452 e. The van der Waals surface area contributed by atoms with E-state index < -0.39 is 0 Å². The highest BCUT2D eigenvalue weighted by Crippen LogP contribution is 2.23. The van der Waals surface area contributed by atoms with Crippen LogP contribution in [0.2, 0.25) is 0 Å². The number of carbonyl (C=O) groups excluding carboxylic acids is 2. The monoisotopic (exact) mass is 657 g/mol. The van der Waals surface area contributed by atoms with Crippen LogP contribution in [0.25, 0.3) is 0 Å². The zero-order valence-corrected chi connectivity index (χ0v) is 31.2. The Labute approximate surface area is 290 Å². The number of hydrogen-bond donors (Lipinski definition) is 0. The van der Waals surface area contributed by atoms with Crippen molar-refractivity contribution in [3.63, 3.8) is 0 Å². The molecule has 1 fully saturated rings. The molecule has 0 radical (unpaired) electrons. The lowest BCUT2D eigenvalue weighted by atomic mass is 10.1. The predicted molar refractivity (Wildman–Crippen MR) is 200 cm³/mol. The highest BCUT2D eigenvalue weighted by molar-refractivity contribution is 5.70. The summed E-state index contributed by atoms with van der Waals surface area (Å²) in [4.78, 5) is 25.2. The van der Waals surface area contributed by atoms with Crippen molar-refractivity contribution in [2.24, 2.45) is 0 Å². The third-order valence-corrected chi connectivity index (χ3v) is 8.99. The molecule has 1 aliphatic rings. The smallest absolute Gasteiger partial charge is 0.306 e. The van der Waals surface area contributed by atoms with Crippen molar-refractivity contribution in [3.8, 4) is 0 Å². The number of quaternary nitrogens is 1. The maximum absolute atomic E-state index is 12.6. The number of likely N-dealkylation sites (tertiary alicyclic amines) is 1. The van der Waals surface area contributed by atoms with Crippen LogP contribution in [-0.4, -0.2) is 55.8 Å². The van der Waals surface area contributed by atoms with E-state index in [2.05, 4.69) is 76.6 Å². The number of nitrogens with zero attached hydrogens (tertiary/aromatic N) is 1. The van der Waals surface area contributed by atoms with Gasteiger partial charge in [0, 0.05) is 12.8 Å². The van der Waals surface area contributed by atoms with Crippen LogP contribution >= 0.6 is 0 Å². The number of likely N-dealkylation sites (N-methyl/N-ethyl adjacent to an activating group) is 1. The third kappa shape index (κ3) is 26.5. The maximum Gasteiger partial charge on any atom is 0.306 e. The van der Waals surface area contributed by atoms with Gasteiger partial charge in [0.1, 0.15) is 13.1 Å². The molecule has 0 saturated carbocycles. The molecule has 0 amide bonds. The van der Waals surface area contributed by atoms with Gasteiger partial charge in [-0.25, -0.2) is 0 Å². The summed E-state index contributed by atoms with van der Waals surface area (Å²) < 4.78 is 12.4. The first-order valence-electron chi connectivity index (χ1n) is 19.7. The summed E-state index contributed by atoms with van der Waals surface area (Å²) in [6, 6.07) is 0. The fraction of sp³-hybridized carbons (Fsp3) is 0.762. The molecular formula is C42H74NO4+. The van der Waals surface area contributed by atoms with Crippen LogP contribution < -0.4 is 0 Å². The van der Waals surface area contributed by atoms with Crippen molar-refractivity contribution in [1.82, 2.24) is 0 Å². The second kappa shape index (κ2) is 30.0. The number of carbonyl (C=O) groups is 2. The Kier molecular flexibility index (Phi) is 27.3. The molecule has 5 nitrogen and oxygen atoms in total. The Morgan fingerprint density at radius 2 is 0.809 bits per heavy atom. The van der Waals surface area contributed by atoms with Gasteiger partial charge in [-0.2, -0.15) is 0 Å². The number of ether oxygens (including phenoxy) is 2. The van der Waals surface area contributed by atoms with Crippen LogP contribution in [-0.2, 0) is 19.1 Å². The highest BCUT2D eigenvalue weighted by atomic mass is 16.6. The lowest BCUT2D eigenvalue weighted by Gasteiger charge is -2.22. The van der Waals surface area contributed by atoms with Gasteiger partial charge in [0.2, 0.25) is 0 Å². The SMILES string of the molecule is CCCCCC=CCC=CCCCCCCCC(=O)OC1C[N+](C)(C)CC1OC(=O)CCCCCCCC=CCC=CCCCCC. The molecule has 2 atom stereocenters. The van der Waals surface area contributed by atoms with Crippen LogP contribution in [0.4, 0.5) is 0 Å². The zero-order valence-electron chi connectivity index (χ0n) is 31.2. The molecule has 1 heterocycles. The Morgan fingerprint density at radius 3 is 1.17 bits per heavy atom. The van der Waals surface area contributed by atoms with Gasteiger partial charge in [-0.05, 0) is 77.0 Å². The maximum atomic E-state index is 12.6. The summed E-state index contributed by atoms with van der Waals surface area (Å²) in [5.41, 5.74) is 0. The summed E-state index contributed by atoms with van der Waals surface area (Å²) in [6.45, 7) is 5.87. The number of hydrogen-bond acceptors (Lipinski definition) is 4. The predicted octanol–water partition coefficient (Wildman–Crippen LogP) is 11.5. The first-order valence-corrected chi connectivity index (χ1v) is 19.7. The van der Waals surface area contributed by atoms with E-state index >= 15 is 0 Å². The average Bonchev–Trinajstić information content (AvgIpc) is 3.32. The average molecular weight is 657 g/mol. The van der Waals surface area contributed by atoms with Crippen molar-refractivity contribution in [2.75, 3.05) is 27.2 Å². The van der Waals surface area contributed by atoms with E-state index in [1.807, 2.05) is 0 Å². The minimum Gasteiger partial charge on any atom is -0.452 e. The molecule has 0 N–H and O–H groups in total. The molecule has 2 unspecified atom stereocenters. The van der Waals surface area contributed by atoms with Crippen LogP contribution in [0, 0.1) is 0 Å². The third-order valence-electron chi connectivity index (χ3n) is 8.99. The molecule has 5 heteroatoms. The fourth-order valence-corrected chi connectivity index (χ4v) is 6.13. The summed E-state index contributed by atoms with van der Waals surface area (Å²) in [7, 11) is 4.21. The number of rotatable bonds is 30. The molecule has 1 saturated heterocycles. The highest BCUT2D eigenvalue weighted by Gasteiger charge is 2.45. The van der Waals surface area contributed by atoms with Crippen LogP contribution in [0.15, 0.2) is 48.6 Å². The summed E-state index contributed by atoms with van der Waals surface area (Å²) in [5.74, 6) is -0.310.